The Hall–Kier alpha value is -1.85. The number of benzene rings is 1. The molecule has 3 nitrogen and oxygen atoms in total. The fourth-order valence-electron chi connectivity index (χ4n) is 1.75. The SMILES string of the molecule is CC(CC(F)(F)F)Nc1ncnc2ccccc12. The van der Waals surface area contributed by atoms with Gasteiger partial charge in [-0.1, -0.05) is 12.1 Å². The van der Waals surface area contributed by atoms with Gasteiger partial charge in [0.25, 0.3) is 0 Å². The minimum atomic E-state index is -4.19. The summed E-state index contributed by atoms with van der Waals surface area (Å²) < 4.78 is 36.7. The first-order chi connectivity index (χ1) is 8.46. The molecule has 0 aliphatic carbocycles. The number of rotatable bonds is 3. The monoisotopic (exact) mass is 255 g/mol. The molecule has 0 spiro atoms. The van der Waals surface area contributed by atoms with Crippen molar-refractivity contribution in [3.63, 3.8) is 0 Å². The van der Waals surface area contributed by atoms with Crippen LogP contribution in [0.25, 0.3) is 10.9 Å². The first kappa shape index (κ1) is 12.6. The summed E-state index contributed by atoms with van der Waals surface area (Å²) in [5, 5.41) is 3.49. The van der Waals surface area contributed by atoms with E-state index in [-0.39, 0.29) is 0 Å². The highest BCUT2D eigenvalue weighted by molar-refractivity contribution is 5.88. The van der Waals surface area contributed by atoms with E-state index in [0.29, 0.717) is 16.7 Å². The lowest BCUT2D eigenvalue weighted by atomic mass is 10.2. The van der Waals surface area contributed by atoms with E-state index in [0.717, 1.165) is 0 Å². The number of hydrogen-bond donors (Lipinski definition) is 1. The first-order valence-electron chi connectivity index (χ1n) is 5.49. The molecule has 1 atom stereocenters. The lowest BCUT2D eigenvalue weighted by molar-refractivity contribution is -0.136. The van der Waals surface area contributed by atoms with Crippen LogP contribution in [-0.2, 0) is 0 Å². The quantitative estimate of drug-likeness (QED) is 0.913. The van der Waals surface area contributed by atoms with Crippen LogP contribution < -0.4 is 5.32 Å². The summed E-state index contributed by atoms with van der Waals surface area (Å²) in [7, 11) is 0. The van der Waals surface area contributed by atoms with Crippen molar-refractivity contribution in [2.45, 2.75) is 25.6 Å². The van der Waals surface area contributed by atoms with Gasteiger partial charge in [-0.2, -0.15) is 13.2 Å². The first-order valence-corrected chi connectivity index (χ1v) is 5.49. The fraction of sp³-hybridized carbons (Fsp3) is 0.333. The average molecular weight is 255 g/mol. The highest BCUT2D eigenvalue weighted by Gasteiger charge is 2.30. The Morgan fingerprint density at radius 3 is 2.67 bits per heavy atom. The molecule has 1 aromatic carbocycles. The van der Waals surface area contributed by atoms with Crippen LogP contribution in [0, 0.1) is 0 Å². The van der Waals surface area contributed by atoms with Crippen molar-refractivity contribution in [3.8, 4) is 0 Å². The number of halogens is 3. The second-order valence-electron chi connectivity index (χ2n) is 4.10. The zero-order chi connectivity index (χ0) is 13.2. The summed E-state index contributed by atoms with van der Waals surface area (Å²) in [4.78, 5) is 8.04. The van der Waals surface area contributed by atoms with Gasteiger partial charge in [0.1, 0.15) is 12.1 Å². The standard InChI is InChI=1S/C12H12F3N3/c1-8(6-12(13,14)15)18-11-9-4-2-3-5-10(9)16-7-17-11/h2-5,7-8H,6H2,1H3,(H,16,17,18). The van der Waals surface area contributed by atoms with Crippen LogP contribution in [0.4, 0.5) is 19.0 Å². The molecule has 0 aliphatic heterocycles. The van der Waals surface area contributed by atoms with Crippen LogP contribution >= 0.6 is 0 Å². The van der Waals surface area contributed by atoms with Crippen molar-refractivity contribution in [2.24, 2.45) is 0 Å². The smallest absolute Gasteiger partial charge is 0.367 e. The molecular weight excluding hydrogens is 243 g/mol. The van der Waals surface area contributed by atoms with Crippen LogP contribution in [0.5, 0.6) is 0 Å². The van der Waals surface area contributed by atoms with Gasteiger partial charge in [0, 0.05) is 11.4 Å². The summed E-state index contributed by atoms with van der Waals surface area (Å²) >= 11 is 0. The number of fused-ring (bicyclic) bond motifs is 1. The molecule has 6 heteroatoms. The van der Waals surface area contributed by atoms with Crippen molar-refractivity contribution in [1.29, 1.82) is 0 Å². The highest BCUT2D eigenvalue weighted by atomic mass is 19.4. The Morgan fingerprint density at radius 1 is 1.22 bits per heavy atom. The van der Waals surface area contributed by atoms with Gasteiger partial charge in [-0.15, -0.1) is 0 Å². The third kappa shape index (κ3) is 3.09. The lowest BCUT2D eigenvalue weighted by Gasteiger charge is -2.17. The number of hydrogen-bond acceptors (Lipinski definition) is 3. The molecule has 0 saturated heterocycles. The maximum absolute atomic E-state index is 12.2. The molecule has 1 N–H and O–H groups in total. The van der Waals surface area contributed by atoms with Gasteiger partial charge in [0.05, 0.1) is 11.9 Å². The molecular formula is C12H12F3N3. The number of para-hydroxylation sites is 1. The number of nitrogens with zero attached hydrogens (tertiary/aromatic N) is 2. The molecule has 1 unspecified atom stereocenters. The number of alkyl halides is 3. The van der Waals surface area contributed by atoms with Crippen molar-refractivity contribution < 1.29 is 13.2 Å². The molecule has 0 aliphatic rings. The Morgan fingerprint density at radius 2 is 1.94 bits per heavy atom. The predicted molar refractivity (Wildman–Crippen MR) is 63.3 cm³/mol. The zero-order valence-corrected chi connectivity index (χ0v) is 9.70. The average Bonchev–Trinajstić information content (AvgIpc) is 2.27. The van der Waals surface area contributed by atoms with Crippen molar-refractivity contribution >= 4 is 16.7 Å². The van der Waals surface area contributed by atoms with Crippen molar-refractivity contribution in [2.75, 3.05) is 5.32 Å². The van der Waals surface area contributed by atoms with Crippen LogP contribution in [0.3, 0.4) is 0 Å². The molecule has 0 amide bonds. The van der Waals surface area contributed by atoms with E-state index in [4.69, 9.17) is 0 Å². The van der Waals surface area contributed by atoms with Crippen LogP contribution in [0.15, 0.2) is 30.6 Å². The van der Waals surface area contributed by atoms with E-state index in [1.807, 2.05) is 6.07 Å². The summed E-state index contributed by atoms with van der Waals surface area (Å²) in [6.45, 7) is 1.48. The summed E-state index contributed by atoms with van der Waals surface area (Å²) in [6, 6.07) is 6.45. The fourth-order valence-corrected chi connectivity index (χ4v) is 1.75. The number of anilines is 1. The van der Waals surface area contributed by atoms with Crippen LogP contribution in [0.2, 0.25) is 0 Å². The summed E-state index contributed by atoms with van der Waals surface area (Å²) in [5.41, 5.74) is 0.703. The summed E-state index contributed by atoms with van der Waals surface area (Å²) in [5.74, 6) is 0.428. The topological polar surface area (TPSA) is 37.8 Å². The predicted octanol–water partition coefficient (Wildman–Crippen LogP) is 3.38. The van der Waals surface area contributed by atoms with E-state index in [2.05, 4.69) is 15.3 Å². The third-order valence-corrected chi connectivity index (χ3v) is 2.46. The molecule has 1 aromatic heterocycles. The van der Waals surface area contributed by atoms with Crippen molar-refractivity contribution in [1.82, 2.24) is 9.97 Å². The van der Waals surface area contributed by atoms with E-state index in [1.165, 1.54) is 13.3 Å². The number of nitrogens with one attached hydrogen (secondary N) is 1. The van der Waals surface area contributed by atoms with Gasteiger partial charge in [-0.3, -0.25) is 0 Å². The second kappa shape index (κ2) is 4.80. The molecule has 0 bridgehead atoms. The molecule has 18 heavy (non-hydrogen) atoms. The lowest BCUT2D eigenvalue weighted by Crippen LogP contribution is -2.24. The molecule has 96 valence electrons. The maximum atomic E-state index is 12.2. The normalized spacial score (nSPS) is 13.6. The molecule has 1 heterocycles. The van der Waals surface area contributed by atoms with Crippen molar-refractivity contribution in [3.05, 3.63) is 30.6 Å². The minimum absolute atomic E-state index is 0.428. The largest absolute Gasteiger partial charge is 0.391 e. The van der Waals surface area contributed by atoms with Gasteiger partial charge >= 0.3 is 6.18 Å². The molecule has 2 rings (SSSR count). The molecule has 2 aromatic rings. The zero-order valence-electron chi connectivity index (χ0n) is 9.70. The Kier molecular flexibility index (Phi) is 3.36. The van der Waals surface area contributed by atoms with Gasteiger partial charge in [0.15, 0.2) is 0 Å². The molecule has 0 saturated carbocycles. The highest BCUT2D eigenvalue weighted by Crippen LogP contribution is 2.25. The van der Waals surface area contributed by atoms with Crippen LogP contribution in [-0.4, -0.2) is 22.2 Å². The molecule has 0 radical (unpaired) electrons. The Bertz CT molecular complexity index is 534. The van der Waals surface area contributed by atoms with Gasteiger partial charge in [0.2, 0.25) is 0 Å². The Balaban J connectivity index is 2.21. The Labute approximate surface area is 102 Å². The maximum Gasteiger partial charge on any atom is 0.391 e. The third-order valence-electron chi connectivity index (χ3n) is 2.46. The minimum Gasteiger partial charge on any atom is -0.367 e. The summed E-state index contributed by atoms with van der Waals surface area (Å²) in [6.07, 6.45) is -3.74. The van der Waals surface area contributed by atoms with E-state index < -0.39 is 18.6 Å². The van der Waals surface area contributed by atoms with Gasteiger partial charge in [-0.25, -0.2) is 9.97 Å². The second-order valence-corrected chi connectivity index (χ2v) is 4.10. The van der Waals surface area contributed by atoms with E-state index >= 15 is 0 Å². The molecule has 0 fully saturated rings. The van der Waals surface area contributed by atoms with Crippen LogP contribution in [0.1, 0.15) is 13.3 Å². The van der Waals surface area contributed by atoms with E-state index in [1.54, 1.807) is 18.2 Å². The van der Waals surface area contributed by atoms with Gasteiger partial charge < -0.3 is 5.32 Å². The van der Waals surface area contributed by atoms with Gasteiger partial charge in [-0.05, 0) is 19.1 Å². The number of aromatic nitrogens is 2. The van der Waals surface area contributed by atoms with E-state index in [9.17, 15) is 13.2 Å².